The van der Waals surface area contributed by atoms with Gasteiger partial charge in [0.05, 0.1) is 17.4 Å². The largest absolute Gasteiger partial charge is 0.486 e. The molecule has 1 aliphatic heterocycles. The summed E-state index contributed by atoms with van der Waals surface area (Å²) in [6.45, 7) is 1.20. The molecule has 2 aromatic carbocycles. The van der Waals surface area contributed by atoms with Gasteiger partial charge in [-0.3, -0.25) is 4.98 Å². The molecule has 4 heteroatoms. The van der Waals surface area contributed by atoms with Crippen LogP contribution in [0, 0.1) is 0 Å². The molecule has 0 saturated heterocycles. The fourth-order valence-electron chi connectivity index (χ4n) is 2.43. The number of hydrogen-bond donors (Lipinski definition) is 1. The van der Waals surface area contributed by atoms with Gasteiger partial charge in [-0.05, 0) is 24.3 Å². The molecule has 2 heterocycles. The molecule has 0 unspecified atom stereocenters. The van der Waals surface area contributed by atoms with Gasteiger partial charge in [0.1, 0.15) is 13.2 Å². The molecule has 0 fully saturated rings. The molecule has 4 rings (SSSR count). The first-order valence-corrected chi connectivity index (χ1v) is 6.90. The van der Waals surface area contributed by atoms with E-state index >= 15 is 0 Å². The van der Waals surface area contributed by atoms with Gasteiger partial charge in [-0.1, -0.05) is 18.2 Å². The van der Waals surface area contributed by atoms with Crippen molar-refractivity contribution in [3.63, 3.8) is 0 Å². The molecule has 0 amide bonds. The number of ether oxygens (including phenoxy) is 2. The third-order valence-electron chi connectivity index (χ3n) is 3.42. The SMILES string of the molecule is c1ccc2ncc(Nc3ccc4c(c3)OCCO4)cc2c1. The lowest BCUT2D eigenvalue weighted by atomic mass is 10.2. The van der Waals surface area contributed by atoms with Crippen LogP contribution in [0.15, 0.2) is 54.7 Å². The van der Waals surface area contributed by atoms with E-state index in [1.807, 2.05) is 42.6 Å². The summed E-state index contributed by atoms with van der Waals surface area (Å²) in [4.78, 5) is 4.45. The Morgan fingerprint density at radius 1 is 0.857 bits per heavy atom. The smallest absolute Gasteiger partial charge is 0.163 e. The monoisotopic (exact) mass is 278 g/mol. The van der Waals surface area contributed by atoms with Crippen LogP contribution in [0.5, 0.6) is 11.5 Å². The number of fused-ring (bicyclic) bond motifs is 2. The number of rotatable bonds is 2. The van der Waals surface area contributed by atoms with Gasteiger partial charge in [-0.25, -0.2) is 0 Å². The highest BCUT2D eigenvalue weighted by Crippen LogP contribution is 2.33. The Balaban J connectivity index is 1.64. The van der Waals surface area contributed by atoms with Crippen LogP contribution in [0.2, 0.25) is 0 Å². The molecule has 3 aromatic rings. The minimum absolute atomic E-state index is 0.591. The van der Waals surface area contributed by atoms with Crippen molar-refractivity contribution in [2.24, 2.45) is 0 Å². The van der Waals surface area contributed by atoms with Crippen LogP contribution < -0.4 is 14.8 Å². The van der Waals surface area contributed by atoms with Crippen LogP contribution in [0.3, 0.4) is 0 Å². The molecule has 104 valence electrons. The van der Waals surface area contributed by atoms with Gasteiger partial charge in [0.25, 0.3) is 0 Å². The lowest BCUT2D eigenvalue weighted by Crippen LogP contribution is -2.15. The maximum Gasteiger partial charge on any atom is 0.163 e. The Morgan fingerprint density at radius 3 is 2.67 bits per heavy atom. The molecular formula is C17H14N2O2. The first kappa shape index (κ1) is 12.0. The van der Waals surface area contributed by atoms with Crippen molar-refractivity contribution in [1.82, 2.24) is 4.98 Å². The molecule has 21 heavy (non-hydrogen) atoms. The molecule has 0 saturated carbocycles. The molecule has 0 bridgehead atoms. The number of hydrogen-bond acceptors (Lipinski definition) is 4. The highest BCUT2D eigenvalue weighted by atomic mass is 16.6. The first-order chi connectivity index (χ1) is 10.4. The van der Waals surface area contributed by atoms with E-state index in [4.69, 9.17) is 9.47 Å². The summed E-state index contributed by atoms with van der Waals surface area (Å²) in [7, 11) is 0. The number of pyridine rings is 1. The van der Waals surface area contributed by atoms with Crippen molar-refractivity contribution in [2.45, 2.75) is 0 Å². The van der Waals surface area contributed by atoms with Crippen LogP contribution in [-0.4, -0.2) is 18.2 Å². The van der Waals surface area contributed by atoms with E-state index in [0.717, 1.165) is 33.8 Å². The third-order valence-corrected chi connectivity index (χ3v) is 3.42. The molecule has 0 atom stereocenters. The second kappa shape index (κ2) is 4.98. The van der Waals surface area contributed by atoms with Gasteiger partial charge >= 0.3 is 0 Å². The lowest BCUT2D eigenvalue weighted by Gasteiger charge is -2.19. The Kier molecular flexibility index (Phi) is 2.85. The molecule has 0 radical (unpaired) electrons. The van der Waals surface area contributed by atoms with Crippen LogP contribution in [0.1, 0.15) is 0 Å². The zero-order valence-corrected chi connectivity index (χ0v) is 11.4. The zero-order valence-electron chi connectivity index (χ0n) is 11.4. The highest BCUT2D eigenvalue weighted by Gasteiger charge is 2.11. The van der Waals surface area contributed by atoms with E-state index in [-0.39, 0.29) is 0 Å². The molecular weight excluding hydrogens is 264 g/mol. The van der Waals surface area contributed by atoms with Gasteiger partial charge in [0, 0.05) is 17.1 Å². The Bertz CT molecular complexity index is 802. The second-order valence-corrected chi connectivity index (χ2v) is 4.90. The summed E-state index contributed by atoms with van der Waals surface area (Å²) in [5.74, 6) is 1.57. The summed E-state index contributed by atoms with van der Waals surface area (Å²) >= 11 is 0. The average molecular weight is 278 g/mol. The van der Waals surface area contributed by atoms with Crippen molar-refractivity contribution in [2.75, 3.05) is 18.5 Å². The molecule has 1 aliphatic rings. The van der Waals surface area contributed by atoms with Crippen molar-refractivity contribution >= 4 is 22.3 Å². The van der Waals surface area contributed by atoms with Crippen LogP contribution in [0.4, 0.5) is 11.4 Å². The fourth-order valence-corrected chi connectivity index (χ4v) is 2.43. The Hall–Kier alpha value is -2.75. The average Bonchev–Trinajstić information content (AvgIpc) is 2.55. The van der Waals surface area contributed by atoms with Crippen LogP contribution in [-0.2, 0) is 0 Å². The van der Waals surface area contributed by atoms with E-state index in [1.54, 1.807) is 0 Å². The summed E-state index contributed by atoms with van der Waals surface area (Å²) in [5, 5.41) is 4.46. The van der Waals surface area contributed by atoms with Gasteiger partial charge in [0.15, 0.2) is 11.5 Å². The summed E-state index contributed by atoms with van der Waals surface area (Å²) in [6.07, 6.45) is 1.83. The molecule has 1 N–H and O–H groups in total. The van der Waals surface area contributed by atoms with E-state index < -0.39 is 0 Å². The van der Waals surface area contributed by atoms with Crippen LogP contribution >= 0.6 is 0 Å². The molecule has 0 aliphatic carbocycles. The van der Waals surface area contributed by atoms with Crippen molar-refractivity contribution in [3.8, 4) is 11.5 Å². The standard InChI is InChI=1S/C17H14N2O2/c1-2-4-15-12(3-1)9-14(11-18-15)19-13-5-6-16-17(10-13)21-8-7-20-16/h1-6,9-11,19H,7-8H2. The predicted octanol–water partition coefficient (Wildman–Crippen LogP) is 3.75. The van der Waals surface area contributed by atoms with Gasteiger partial charge < -0.3 is 14.8 Å². The second-order valence-electron chi connectivity index (χ2n) is 4.90. The molecule has 4 nitrogen and oxygen atoms in total. The number of benzene rings is 2. The lowest BCUT2D eigenvalue weighted by molar-refractivity contribution is 0.171. The minimum atomic E-state index is 0.591. The van der Waals surface area contributed by atoms with Gasteiger partial charge in [-0.15, -0.1) is 0 Å². The summed E-state index contributed by atoms with van der Waals surface area (Å²) in [5.41, 5.74) is 2.90. The van der Waals surface area contributed by atoms with Gasteiger partial charge in [-0.2, -0.15) is 0 Å². The Labute approximate surface area is 122 Å². The molecule has 1 aromatic heterocycles. The van der Waals surface area contributed by atoms with E-state index in [9.17, 15) is 0 Å². The highest BCUT2D eigenvalue weighted by molar-refractivity contribution is 5.82. The maximum absolute atomic E-state index is 5.59. The maximum atomic E-state index is 5.59. The zero-order chi connectivity index (χ0) is 14.1. The van der Waals surface area contributed by atoms with E-state index in [1.165, 1.54) is 0 Å². The normalized spacial score (nSPS) is 13.1. The van der Waals surface area contributed by atoms with Gasteiger partial charge in [0.2, 0.25) is 0 Å². The third kappa shape index (κ3) is 2.36. The van der Waals surface area contributed by atoms with Crippen molar-refractivity contribution < 1.29 is 9.47 Å². The fraction of sp³-hybridized carbons (Fsp3) is 0.118. The minimum Gasteiger partial charge on any atom is -0.486 e. The number of nitrogens with one attached hydrogen (secondary N) is 1. The van der Waals surface area contributed by atoms with E-state index in [2.05, 4.69) is 22.4 Å². The number of anilines is 2. The summed E-state index contributed by atoms with van der Waals surface area (Å²) < 4.78 is 11.1. The Morgan fingerprint density at radius 2 is 1.71 bits per heavy atom. The number of aromatic nitrogens is 1. The molecule has 0 spiro atoms. The topological polar surface area (TPSA) is 43.4 Å². The quantitative estimate of drug-likeness (QED) is 0.775. The van der Waals surface area contributed by atoms with Crippen molar-refractivity contribution in [3.05, 3.63) is 54.7 Å². The predicted molar refractivity (Wildman–Crippen MR) is 82.5 cm³/mol. The van der Waals surface area contributed by atoms with E-state index in [0.29, 0.717) is 13.2 Å². The number of para-hydroxylation sites is 1. The summed E-state index contributed by atoms with van der Waals surface area (Å²) in [6, 6.07) is 16.0. The van der Waals surface area contributed by atoms with Crippen LogP contribution in [0.25, 0.3) is 10.9 Å². The number of nitrogens with zero attached hydrogens (tertiary/aromatic N) is 1. The first-order valence-electron chi connectivity index (χ1n) is 6.90. The van der Waals surface area contributed by atoms with Crippen molar-refractivity contribution in [1.29, 1.82) is 0 Å².